The number of methoxy groups -OCH3 is 1. The van der Waals surface area contributed by atoms with E-state index in [2.05, 4.69) is 38.4 Å². The summed E-state index contributed by atoms with van der Waals surface area (Å²) in [6.45, 7) is 0. The number of amides is 1. The molecule has 0 saturated carbocycles. The summed E-state index contributed by atoms with van der Waals surface area (Å²) in [6.07, 6.45) is 3.89. The molecule has 0 bridgehead atoms. The molecule has 1 unspecified atom stereocenters. The van der Waals surface area contributed by atoms with Crippen LogP contribution in [0.2, 0.25) is 0 Å². The lowest BCUT2D eigenvalue weighted by atomic mass is 10.1. The Hall–Kier alpha value is -1.88. The fourth-order valence-electron chi connectivity index (χ4n) is 2.04. The number of halogens is 1. The van der Waals surface area contributed by atoms with Crippen molar-refractivity contribution in [2.45, 2.75) is 12.5 Å². The minimum Gasteiger partial charge on any atom is -0.494 e. The number of hydrogen-bond acceptors (Lipinski definition) is 3. The molecule has 0 fully saturated rings. The van der Waals surface area contributed by atoms with Crippen molar-refractivity contribution in [1.82, 2.24) is 10.3 Å². The highest BCUT2D eigenvalue weighted by atomic mass is 79.9. The van der Waals surface area contributed by atoms with Gasteiger partial charge < -0.3 is 10.1 Å². The second-order valence-corrected chi connectivity index (χ2v) is 5.24. The number of carbonyl (C=O) groups excluding carboxylic acids is 1. The van der Waals surface area contributed by atoms with Crippen LogP contribution in [-0.2, 0) is 6.42 Å². The van der Waals surface area contributed by atoms with E-state index in [-0.39, 0.29) is 11.9 Å². The Bertz CT molecular complexity index is 590. The SMILES string of the molecule is COc1cnccc1C(=O)NC(CBr)Cc1ccccc1. The predicted molar refractivity (Wildman–Crippen MR) is 86.0 cm³/mol. The van der Waals surface area contributed by atoms with Crippen LogP contribution in [0, 0.1) is 0 Å². The average molecular weight is 349 g/mol. The van der Waals surface area contributed by atoms with Gasteiger partial charge in [-0.25, -0.2) is 0 Å². The predicted octanol–water partition coefficient (Wildman–Crippen LogP) is 2.83. The summed E-state index contributed by atoms with van der Waals surface area (Å²) in [5, 5.41) is 3.69. The molecule has 0 radical (unpaired) electrons. The number of hydrogen-bond donors (Lipinski definition) is 1. The molecule has 1 amide bonds. The first kappa shape index (κ1) is 15.5. The van der Waals surface area contributed by atoms with Gasteiger partial charge in [-0.15, -0.1) is 0 Å². The lowest BCUT2D eigenvalue weighted by Crippen LogP contribution is -2.37. The van der Waals surface area contributed by atoms with E-state index in [9.17, 15) is 4.79 Å². The molecular weight excluding hydrogens is 332 g/mol. The molecule has 0 spiro atoms. The van der Waals surface area contributed by atoms with Crippen LogP contribution >= 0.6 is 15.9 Å². The van der Waals surface area contributed by atoms with Gasteiger partial charge in [0, 0.05) is 17.6 Å². The van der Waals surface area contributed by atoms with E-state index in [0.29, 0.717) is 16.6 Å². The first-order valence-corrected chi connectivity index (χ1v) is 7.75. The third kappa shape index (κ3) is 4.29. The quantitative estimate of drug-likeness (QED) is 0.816. The first-order chi connectivity index (χ1) is 10.2. The lowest BCUT2D eigenvalue weighted by Gasteiger charge is -2.17. The van der Waals surface area contributed by atoms with Crippen LogP contribution in [0.5, 0.6) is 5.75 Å². The summed E-state index contributed by atoms with van der Waals surface area (Å²) in [4.78, 5) is 16.3. The molecule has 0 aliphatic carbocycles. The molecule has 1 heterocycles. The molecule has 1 N–H and O–H groups in total. The van der Waals surface area contributed by atoms with Crippen LogP contribution in [0.4, 0.5) is 0 Å². The van der Waals surface area contributed by atoms with Crippen molar-refractivity contribution in [1.29, 1.82) is 0 Å². The van der Waals surface area contributed by atoms with E-state index in [1.165, 1.54) is 18.9 Å². The molecule has 0 saturated heterocycles. The summed E-state index contributed by atoms with van der Waals surface area (Å²) in [5.41, 5.74) is 1.68. The maximum atomic E-state index is 12.3. The Morgan fingerprint density at radius 3 is 2.76 bits per heavy atom. The van der Waals surface area contributed by atoms with Gasteiger partial charge in [-0.2, -0.15) is 0 Å². The molecule has 0 aliphatic heterocycles. The minimum atomic E-state index is -0.158. The second-order valence-electron chi connectivity index (χ2n) is 4.59. The molecule has 110 valence electrons. The fourth-order valence-corrected chi connectivity index (χ4v) is 2.43. The monoisotopic (exact) mass is 348 g/mol. The van der Waals surface area contributed by atoms with E-state index in [0.717, 1.165) is 6.42 Å². The number of nitrogens with zero attached hydrogens (tertiary/aromatic N) is 1. The van der Waals surface area contributed by atoms with Crippen LogP contribution in [-0.4, -0.2) is 29.4 Å². The third-order valence-electron chi connectivity index (χ3n) is 3.10. The molecule has 21 heavy (non-hydrogen) atoms. The highest BCUT2D eigenvalue weighted by Gasteiger charge is 2.16. The van der Waals surface area contributed by atoms with Crippen molar-refractivity contribution >= 4 is 21.8 Å². The van der Waals surface area contributed by atoms with Crippen molar-refractivity contribution < 1.29 is 9.53 Å². The standard InChI is InChI=1S/C16H17BrN2O2/c1-21-15-11-18-8-7-14(15)16(20)19-13(10-17)9-12-5-3-2-4-6-12/h2-8,11,13H,9-10H2,1H3,(H,19,20). The molecule has 5 heteroatoms. The zero-order chi connectivity index (χ0) is 15.1. The average Bonchev–Trinajstić information content (AvgIpc) is 2.55. The number of aromatic nitrogens is 1. The topological polar surface area (TPSA) is 51.2 Å². The van der Waals surface area contributed by atoms with Crippen molar-refractivity contribution in [3.05, 3.63) is 59.9 Å². The van der Waals surface area contributed by atoms with Crippen LogP contribution in [0.15, 0.2) is 48.8 Å². The summed E-state index contributed by atoms with van der Waals surface area (Å²) in [6, 6.07) is 11.7. The van der Waals surface area contributed by atoms with E-state index >= 15 is 0 Å². The Labute approximate surface area is 132 Å². The summed E-state index contributed by atoms with van der Waals surface area (Å²) >= 11 is 3.45. The zero-order valence-corrected chi connectivity index (χ0v) is 13.3. The van der Waals surface area contributed by atoms with Crippen LogP contribution < -0.4 is 10.1 Å². The molecule has 2 aromatic rings. The number of carbonyl (C=O) groups is 1. The molecule has 0 aliphatic rings. The lowest BCUT2D eigenvalue weighted by molar-refractivity contribution is 0.0938. The normalized spacial score (nSPS) is 11.7. The molecule has 4 nitrogen and oxygen atoms in total. The van der Waals surface area contributed by atoms with Gasteiger partial charge in [-0.3, -0.25) is 9.78 Å². The van der Waals surface area contributed by atoms with E-state index in [4.69, 9.17) is 4.74 Å². The van der Waals surface area contributed by atoms with Crippen molar-refractivity contribution in [3.63, 3.8) is 0 Å². The first-order valence-electron chi connectivity index (χ1n) is 6.63. The zero-order valence-electron chi connectivity index (χ0n) is 11.8. The summed E-state index contributed by atoms with van der Waals surface area (Å²) in [5.74, 6) is 0.317. The maximum Gasteiger partial charge on any atom is 0.255 e. The Kier molecular flexibility index (Phi) is 5.75. The van der Waals surface area contributed by atoms with Crippen LogP contribution in [0.3, 0.4) is 0 Å². The van der Waals surface area contributed by atoms with Gasteiger partial charge in [0.25, 0.3) is 5.91 Å². The van der Waals surface area contributed by atoms with Gasteiger partial charge in [-0.05, 0) is 18.1 Å². The van der Waals surface area contributed by atoms with Gasteiger partial charge in [0.05, 0.1) is 18.9 Å². The Balaban J connectivity index is 2.06. The van der Waals surface area contributed by atoms with Crippen molar-refractivity contribution in [2.75, 3.05) is 12.4 Å². The van der Waals surface area contributed by atoms with Crippen LogP contribution in [0.25, 0.3) is 0 Å². The number of rotatable bonds is 6. The third-order valence-corrected chi connectivity index (χ3v) is 3.88. The van der Waals surface area contributed by atoms with Crippen LogP contribution in [0.1, 0.15) is 15.9 Å². The molecule has 1 atom stereocenters. The van der Waals surface area contributed by atoms with Gasteiger partial charge in [-0.1, -0.05) is 46.3 Å². The molecule has 1 aromatic heterocycles. The van der Waals surface area contributed by atoms with Gasteiger partial charge in [0.1, 0.15) is 5.75 Å². The van der Waals surface area contributed by atoms with Gasteiger partial charge >= 0.3 is 0 Å². The van der Waals surface area contributed by atoms with Crippen molar-refractivity contribution in [3.8, 4) is 5.75 Å². The molecular formula is C16H17BrN2O2. The highest BCUT2D eigenvalue weighted by molar-refractivity contribution is 9.09. The van der Waals surface area contributed by atoms with Gasteiger partial charge in [0.2, 0.25) is 0 Å². The smallest absolute Gasteiger partial charge is 0.255 e. The van der Waals surface area contributed by atoms with E-state index < -0.39 is 0 Å². The molecule has 1 aromatic carbocycles. The number of pyridine rings is 1. The van der Waals surface area contributed by atoms with Crippen molar-refractivity contribution in [2.24, 2.45) is 0 Å². The largest absolute Gasteiger partial charge is 0.494 e. The summed E-state index contributed by atoms with van der Waals surface area (Å²) in [7, 11) is 1.53. The Morgan fingerprint density at radius 2 is 2.10 bits per heavy atom. The number of benzene rings is 1. The second kappa shape index (κ2) is 7.78. The number of ether oxygens (including phenoxy) is 1. The maximum absolute atomic E-state index is 12.3. The minimum absolute atomic E-state index is 0.0118. The fraction of sp³-hybridized carbons (Fsp3) is 0.250. The van der Waals surface area contributed by atoms with Gasteiger partial charge in [0.15, 0.2) is 0 Å². The molecule has 2 rings (SSSR count). The highest BCUT2D eigenvalue weighted by Crippen LogP contribution is 2.16. The van der Waals surface area contributed by atoms with E-state index in [1.807, 2.05) is 18.2 Å². The Morgan fingerprint density at radius 1 is 1.33 bits per heavy atom. The number of nitrogens with one attached hydrogen (secondary N) is 1. The van der Waals surface area contributed by atoms with E-state index in [1.54, 1.807) is 12.3 Å². The number of alkyl halides is 1. The summed E-state index contributed by atoms with van der Waals surface area (Å²) < 4.78 is 5.16.